The van der Waals surface area contributed by atoms with Crippen molar-refractivity contribution in [1.29, 1.82) is 0 Å². The topological polar surface area (TPSA) is 94.5 Å². The lowest BCUT2D eigenvalue weighted by Gasteiger charge is -2.31. The Kier molecular flexibility index (Phi) is 5.63. The molecule has 0 atom stereocenters. The van der Waals surface area contributed by atoms with Gasteiger partial charge in [0.05, 0.1) is 23.5 Å². The van der Waals surface area contributed by atoms with E-state index in [-0.39, 0.29) is 17.7 Å². The summed E-state index contributed by atoms with van der Waals surface area (Å²) in [6.45, 7) is 1.54. The number of nitrogens with zero attached hydrogens (tertiary/aromatic N) is 4. The SMILES string of the molecule is CC(=O)c1ccc2[nH]c(O)c(C(=NC3CCC(N(C)C)CC3)c3cnccn3)c2c1. The van der Waals surface area contributed by atoms with Crippen molar-refractivity contribution < 1.29 is 9.90 Å². The highest BCUT2D eigenvalue weighted by molar-refractivity contribution is 6.20. The molecule has 1 aliphatic carbocycles. The zero-order valence-electron chi connectivity index (χ0n) is 17.6. The van der Waals surface area contributed by atoms with Crippen LogP contribution >= 0.6 is 0 Å². The second kappa shape index (κ2) is 8.36. The third-order valence-corrected chi connectivity index (χ3v) is 5.94. The van der Waals surface area contributed by atoms with Crippen molar-refractivity contribution in [2.45, 2.75) is 44.7 Å². The molecule has 0 radical (unpaired) electrons. The highest BCUT2D eigenvalue weighted by Gasteiger charge is 2.25. The second-order valence-corrected chi connectivity index (χ2v) is 8.16. The Labute approximate surface area is 175 Å². The Morgan fingerprint density at radius 3 is 2.60 bits per heavy atom. The Morgan fingerprint density at radius 2 is 1.97 bits per heavy atom. The standard InChI is InChI=1S/C23H27N5O2/c1-14(29)15-4-9-19-18(12-15)21(23(30)27-19)22(20-13-24-10-11-25-20)26-16-5-7-17(8-6-16)28(2)3/h4,9-13,16-17,27,30H,5-8H2,1-3H3. The number of aromatic nitrogens is 3. The molecule has 7 heteroatoms. The number of rotatable bonds is 5. The van der Waals surface area contributed by atoms with Crippen molar-refractivity contribution in [1.82, 2.24) is 19.9 Å². The summed E-state index contributed by atoms with van der Waals surface area (Å²) in [5, 5.41) is 11.5. The van der Waals surface area contributed by atoms with Crippen LogP contribution in [0.4, 0.5) is 0 Å². The predicted molar refractivity (Wildman–Crippen MR) is 117 cm³/mol. The van der Waals surface area contributed by atoms with Crippen molar-refractivity contribution in [3.63, 3.8) is 0 Å². The number of hydrogen-bond donors (Lipinski definition) is 2. The fraction of sp³-hybridized carbons (Fsp3) is 0.391. The Morgan fingerprint density at radius 1 is 1.20 bits per heavy atom. The Bertz CT molecular complexity index is 1080. The fourth-order valence-corrected chi connectivity index (χ4v) is 4.20. The van der Waals surface area contributed by atoms with Crippen LogP contribution in [0.15, 0.2) is 41.8 Å². The lowest BCUT2D eigenvalue weighted by molar-refractivity contribution is 0.101. The summed E-state index contributed by atoms with van der Waals surface area (Å²) < 4.78 is 0. The largest absolute Gasteiger partial charge is 0.494 e. The molecule has 0 saturated heterocycles. The normalized spacial score (nSPS) is 20.1. The smallest absolute Gasteiger partial charge is 0.199 e. The Balaban J connectivity index is 1.81. The van der Waals surface area contributed by atoms with Gasteiger partial charge in [-0.25, -0.2) is 0 Å². The summed E-state index contributed by atoms with van der Waals surface area (Å²) in [4.78, 5) is 30.9. The van der Waals surface area contributed by atoms with E-state index < -0.39 is 0 Å². The van der Waals surface area contributed by atoms with Gasteiger partial charge in [-0.15, -0.1) is 0 Å². The zero-order chi connectivity index (χ0) is 21.3. The number of benzene rings is 1. The van der Waals surface area contributed by atoms with Gasteiger partial charge in [0.15, 0.2) is 11.7 Å². The number of Topliss-reactive ketones (excluding diaryl/α,β-unsaturated/α-hetero) is 1. The average Bonchev–Trinajstić information content (AvgIpc) is 3.07. The minimum Gasteiger partial charge on any atom is -0.494 e. The van der Waals surface area contributed by atoms with Gasteiger partial charge >= 0.3 is 0 Å². The molecule has 2 N–H and O–H groups in total. The molecule has 2 aromatic heterocycles. The van der Waals surface area contributed by atoms with Gasteiger partial charge in [-0.3, -0.25) is 19.8 Å². The van der Waals surface area contributed by atoms with E-state index in [1.54, 1.807) is 30.7 Å². The molecule has 1 saturated carbocycles. The third kappa shape index (κ3) is 3.98. The minimum absolute atomic E-state index is 0.0245. The van der Waals surface area contributed by atoms with Crippen LogP contribution in [0.2, 0.25) is 0 Å². The molecular formula is C23H27N5O2. The van der Waals surface area contributed by atoms with Crippen molar-refractivity contribution in [3.05, 3.63) is 53.6 Å². The van der Waals surface area contributed by atoms with Gasteiger partial charge in [-0.1, -0.05) is 0 Å². The molecule has 1 aliphatic rings. The zero-order valence-corrected chi connectivity index (χ0v) is 17.6. The van der Waals surface area contributed by atoms with Crippen LogP contribution < -0.4 is 0 Å². The maximum absolute atomic E-state index is 11.9. The van der Waals surface area contributed by atoms with E-state index in [1.165, 1.54) is 6.92 Å². The average molecular weight is 406 g/mol. The highest BCUT2D eigenvalue weighted by atomic mass is 16.3. The van der Waals surface area contributed by atoms with E-state index >= 15 is 0 Å². The van der Waals surface area contributed by atoms with Crippen molar-refractivity contribution in [2.24, 2.45) is 4.99 Å². The summed E-state index contributed by atoms with van der Waals surface area (Å²) in [5.74, 6) is 0.000576. The predicted octanol–water partition coefficient (Wildman–Crippen LogP) is 3.58. The van der Waals surface area contributed by atoms with Gasteiger partial charge in [-0.2, -0.15) is 0 Å². The summed E-state index contributed by atoms with van der Waals surface area (Å²) >= 11 is 0. The van der Waals surface area contributed by atoms with Crippen LogP contribution in [0.3, 0.4) is 0 Å². The summed E-state index contributed by atoms with van der Waals surface area (Å²) in [7, 11) is 4.24. The molecule has 0 spiro atoms. The first kappa shape index (κ1) is 20.2. The van der Waals surface area contributed by atoms with Gasteiger partial charge in [-0.05, 0) is 64.9 Å². The number of carbonyl (C=O) groups is 1. The van der Waals surface area contributed by atoms with Crippen molar-refractivity contribution >= 4 is 22.4 Å². The van der Waals surface area contributed by atoms with Gasteiger partial charge < -0.3 is 15.0 Å². The van der Waals surface area contributed by atoms with E-state index in [0.29, 0.717) is 28.6 Å². The molecule has 30 heavy (non-hydrogen) atoms. The first-order valence-corrected chi connectivity index (χ1v) is 10.3. The quantitative estimate of drug-likeness (QED) is 0.500. The number of hydrogen-bond acceptors (Lipinski definition) is 6. The number of aromatic hydroxyl groups is 1. The van der Waals surface area contributed by atoms with E-state index in [0.717, 1.165) is 36.6 Å². The van der Waals surface area contributed by atoms with Crippen molar-refractivity contribution in [3.8, 4) is 5.88 Å². The van der Waals surface area contributed by atoms with Crippen LogP contribution in [0.25, 0.3) is 10.9 Å². The number of nitrogens with one attached hydrogen (secondary N) is 1. The molecule has 7 nitrogen and oxygen atoms in total. The second-order valence-electron chi connectivity index (χ2n) is 8.16. The molecule has 2 heterocycles. The van der Waals surface area contributed by atoms with E-state index in [1.807, 2.05) is 6.07 Å². The molecular weight excluding hydrogens is 378 g/mol. The lowest BCUT2D eigenvalue weighted by Crippen LogP contribution is -2.33. The monoisotopic (exact) mass is 405 g/mol. The van der Waals surface area contributed by atoms with E-state index in [4.69, 9.17) is 4.99 Å². The number of aliphatic imine (C=N–C) groups is 1. The van der Waals surface area contributed by atoms with Crippen molar-refractivity contribution in [2.75, 3.05) is 14.1 Å². The minimum atomic E-state index is -0.0245. The van der Waals surface area contributed by atoms with E-state index in [9.17, 15) is 9.90 Å². The molecule has 1 fully saturated rings. The van der Waals surface area contributed by atoms with Crippen LogP contribution in [0, 0.1) is 0 Å². The van der Waals surface area contributed by atoms with Crippen LogP contribution in [-0.2, 0) is 0 Å². The number of H-pyrrole nitrogens is 1. The van der Waals surface area contributed by atoms with Gasteiger partial charge in [0, 0.05) is 34.9 Å². The van der Waals surface area contributed by atoms with Crippen LogP contribution in [0.1, 0.15) is 54.2 Å². The highest BCUT2D eigenvalue weighted by Crippen LogP contribution is 2.32. The van der Waals surface area contributed by atoms with Crippen LogP contribution in [0.5, 0.6) is 5.88 Å². The first-order valence-electron chi connectivity index (χ1n) is 10.3. The fourth-order valence-electron chi connectivity index (χ4n) is 4.20. The van der Waals surface area contributed by atoms with E-state index in [2.05, 4.69) is 33.9 Å². The summed E-state index contributed by atoms with van der Waals surface area (Å²) in [5.41, 5.74) is 3.13. The van der Waals surface area contributed by atoms with Crippen LogP contribution in [-0.4, -0.2) is 62.6 Å². The molecule has 156 valence electrons. The van der Waals surface area contributed by atoms with Gasteiger partial charge in [0.1, 0.15) is 5.69 Å². The lowest BCUT2D eigenvalue weighted by atomic mass is 9.90. The summed E-state index contributed by atoms with van der Waals surface area (Å²) in [6, 6.07) is 6.10. The number of ketones is 1. The number of carbonyl (C=O) groups excluding carboxylic acids is 1. The Hall–Kier alpha value is -3.06. The molecule has 3 aromatic rings. The molecule has 0 amide bonds. The molecule has 4 rings (SSSR count). The molecule has 0 unspecified atom stereocenters. The molecule has 0 aliphatic heterocycles. The first-order chi connectivity index (χ1) is 14.4. The van der Waals surface area contributed by atoms with Gasteiger partial charge in [0.2, 0.25) is 0 Å². The molecule has 0 bridgehead atoms. The summed E-state index contributed by atoms with van der Waals surface area (Å²) in [6.07, 6.45) is 9.04. The number of aromatic amines is 1. The maximum Gasteiger partial charge on any atom is 0.199 e. The number of fused-ring (bicyclic) bond motifs is 1. The molecule has 1 aromatic carbocycles. The van der Waals surface area contributed by atoms with Gasteiger partial charge in [0.25, 0.3) is 0 Å². The maximum atomic E-state index is 11.9. The third-order valence-electron chi connectivity index (χ3n) is 5.94.